The Morgan fingerprint density at radius 3 is 2.50 bits per heavy atom. The number of nitriles is 1. The van der Waals surface area contributed by atoms with Crippen LogP contribution in [-0.4, -0.2) is 24.1 Å². The highest BCUT2D eigenvalue weighted by atomic mass is 16.5. The first kappa shape index (κ1) is 16.8. The van der Waals surface area contributed by atoms with Crippen molar-refractivity contribution in [1.82, 2.24) is 0 Å². The third-order valence-electron chi connectivity index (χ3n) is 3.16. The number of hydrogen-bond donors (Lipinski definition) is 2. The van der Waals surface area contributed by atoms with Crippen LogP contribution in [0.2, 0.25) is 0 Å². The molecule has 0 saturated carbocycles. The van der Waals surface area contributed by atoms with Crippen LogP contribution in [0.4, 0.5) is 5.69 Å². The quantitative estimate of drug-likeness (QED) is 0.651. The number of anilines is 1. The monoisotopic (exact) mass is 322 g/mol. The lowest BCUT2D eigenvalue weighted by Gasteiger charge is -2.05. The molecule has 1 amide bonds. The van der Waals surface area contributed by atoms with Crippen LogP contribution in [-0.2, 0) is 4.79 Å². The summed E-state index contributed by atoms with van der Waals surface area (Å²) in [4.78, 5) is 23.0. The Morgan fingerprint density at radius 2 is 1.92 bits per heavy atom. The fourth-order valence-corrected chi connectivity index (χ4v) is 1.94. The van der Waals surface area contributed by atoms with Gasteiger partial charge in [-0.15, -0.1) is 0 Å². The number of carbonyl (C=O) groups is 2. The second-order valence-electron chi connectivity index (χ2n) is 4.78. The van der Waals surface area contributed by atoms with Crippen molar-refractivity contribution in [2.75, 3.05) is 12.4 Å². The maximum atomic E-state index is 12.2. The molecular formula is C18H14N2O4. The van der Waals surface area contributed by atoms with Crippen molar-refractivity contribution in [1.29, 1.82) is 5.26 Å². The summed E-state index contributed by atoms with van der Waals surface area (Å²) in [6.45, 7) is 0. The number of nitrogens with zero attached hydrogens (tertiary/aromatic N) is 1. The number of carboxylic acid groups (broad SMARTS) is 1. The number of amides is 1. The molecule has 120 valence electrons. The highest BCUT2D eigenvalue weighted by Crippen LogP contribution is 2.16. The van der Waals surface area contributed by atoms with E-state index in [4.69, 9.17) is 9.84 Å². The third-order valence-corrected chi connectivity index (χ3v) is 3.16. The van der Waals surface area contributed by atoms with E-state index >= 15 is 0 Å². The number of ether oxygens (including phenoxy) is 1. The molecule has 6 nitrogen and oxygen atoms in total. The summed E-state index contributed by atoms with van der Waals surface area (Å²) in [5.41, 5.74) is 1.09. The van der Waals surface area contributed by atoms with Gasteiger partial charge in [-0.05, 0) is 48.0 Å². The number of benzene rings is 2. The van der Waals surface area contributed by atoms with Gasteiger partial charge in [0.1, 0.15) is 17.4 Å². The lowest BCUT2D eigenvalue weighted by molar-refractivity contribution is -0.112. The molecule has 2 N–H and O–H groups in total. The van der Waals surface area contributed by atoms with Gasteiger partial charge in [0.2, 0.25) is 0 Å². The van der Waals surface area contributed by atoms with E-state index in [9.17, 15) is 14.9 Å². The summed E-state index contributed by atoms with van der Waals surface area (Å²) in [5.74, 6) is -1.02. The highest BCUT2D eigenvalue weighted by Gasteiger charge is 2.10. The second kappa shape index (κ2) is 7.61. The maximum Gasteiger partial charge on any atom is 0.335 e. The number of aromatic carboxylic acids is 1. The van der Waals surface area contributed by atoms with Crippen LogP contribution < -0.4 is 10.1 Å². The molecule has 6 heteroatoms. The van der Waals surface area contributed by atoms with Gasteiger partial charge < -0.3 is 15.2 Å². The molecule has 0 fully saturated rings. The lowest BCUT2D eigenvalue weighted by Crippen LogP contribution is -2.13. The van der Waals surface area contributed by atoms with Gasteiger partial charge in [-0.1, -0.05) is 12.1 Å². The molecular weight excluding hydrogens is 308 g/mol. The predicted octanol–water partition coefficient (Wildman–Crippen LogP) is 2.94. The number of hydrogen-bond acceptors (Lipinski definition) is 4. The van der Waals surface area contributed by atoms with Crippen LogP contribution in [0.5, 0.6) is 5.75 Å². The molecule has 0 atom stereocenters. The van der Waals surface area contributed by atoms with Crippen molar-refractivity contribution in [2.45, 2.75) is 0 Å². The van der Waals surface area contributed by atoms with Crippen LogP contribution in [0, 0.1) is 11.3 Å². The first-order chi connectivity index (χ1) is 11.5. The number of carbonyl (C=O) groups excluding carboxylic acids is 1. The average molecular weight is 322 g/mol. The van der Waals surface area contributed by atoms with Gasteiger partial charge in [-0.2, -0.15) is 5.26 Å². The van der Waals surface area contributed by atoms with Crippen molar-refractivity contribution >= 4 is 23.6 Å². The van der Waals surface area contributed by atoms with Crippen molar-refractivity contribution in [2.24, 2.45) is 0 Å². The molecule has 0 aliphatic heterocycles. The van der Waals surface area contributed by atoms with E-state index in [2.05, 4.69) is 5.32 Å². The van der Waals surface area contributed by atoms with Crippen molar-refractivity contribution in [3.05, 3.63) is 65.2 Å². The van der Waals surface area contributed by atoms with Crippen LogP contribution in [0.1, 0.15) is 15.9 Å². The zero-order chi connectivity index (χ0) is 17.5. The molecule has 24 heavy (non-hydrogen) atoms. The summed E-state index contributed by atoms with van der Waals surface area (Å²) in [5, 5.41) is 20.6. The van der Waals surface area contributed by atoms with E-state index in [0.717, 1.165) is 0 Å². The molecule has 2 rings (SSSR count). The fourth-order valence-electron chi connectivity index (χ4n) is 1.94. The second-order valence-corrected chi connectivity index (χ2v) is 4.78. The van der Waals surface area contributed by atoms with Gasteiger partial charge in [-0.25, -0.2) is 4.79 Å². The zero-order valence-electron chi connectivity index (χ0n) is 12.8. The maximum absolute atomic E-state index is 12.2. The smallest absolute Gasteiger partial charge is 0.335 e. The van der Waals surface area contributed by atoms with Crippen LogP contribution in [0.25, 0.3) is 6.08 Å². The van der Waals surface area contributed by atoms with Crippen molar-refractivity contribution in [3.63, 3.8) is 0 Å². The van der Waals surface area contributed by atoms with Crippen LogP contribution >= 0.6 is 0 Å². The first-order valence-corrected chi connectivity index (χ1v) is 6.94. The Morgan fingerprint density at radius 1 is 1.21 bits per heavy atom. The molecule has 2 aromatic carbocycles. The molecule has 0 bridgehead atoms. The topological polar surface area (TPSA) is 99.4 Å². The Kier molecular flexibility index (Phi) is 5.32. The van der Waals surface area contributed by atoms with Gasteiger partial charge >= 0.3 is 5.97 Å². The Hall–Kier alpha value is -3.59. The van der Waals surface area contributed by atoms with Gasteiger partial charge in [0, 0.05) is 5.69 Å². The Bertz CT molecular complexity index is 833. The summed E-state index contributed by atoms with van der Waals surface area (Å²) in [6, 6.07) is 14.5. The van der Waals surface area contributed by atoms with Gasteiger partial charge in [-0.3, -0.25) is 4.79 Å². The standard InChI is InChI=1S/C18H14N2O4/c1-24-16-4-2-3-12(10-16)9-14(11-19)17(21)20-15-7-5-13(6-8-15)18(22)23/h2-10H,1H3,(H,20,21)(H,22,23). The van der Waals surface area contributed by atoms with E-state index in [1.807, 2.05) is 6.07 Å². The summed E-state index contributed by atoms with van der Waals surface area (Å²) in [6.07, 6.45) is 1.45. The van der Waals surface area contributed by atoms with E-state index in [-0.39, 0.29) is 11.1 Å². The minimum atomic E-state index is -1.05. The fraction of sp³-hybridized carbons (Fsp3) is 0.0556. The van der Waals surface area contributed by atoms with Gasteiger partial charge in [0.05, 0.1) is 12.7 Å². The van der Waals surface area contributed by atoms with Crippen LogP contribution in [0.15, 0.2) is 54.1 Å². The normalized spacial score (nSPS) is 10.6. The zero-order valence-corrected chi connectivity index (χ0v) is 12.8. The first-order valence-electron chi connectivity index (χ1n) is 6.94. The molecule has 0 radical (unpaired) electrons. The van der Waals surface area contributed by atoms with Crippen molar-refractivity contribution < 1.29 is 19.4 Å². The number of rotatable bonds is 5. The van der Waals surface area contributed by atoms with Gasteiger partial charge in [0.25, 0.3) is 5.91 Å². The summed E-state index contributed by atoms with van der Waals surface area (Å²) in [7, 11) is 1.53. The minimum Gasteiger partial charge on any atom is -0.497 e. The minimum absolute atomic E-state index is 0.0782. The van der Waals surface area contributed by atoms with Gasteiger partial charge in [0.15, 0.2) is 0 Å². The van der Waals surface area contributed by atoms with E-state index in [0.29, 0.717) is 17.0 Å². The van der Waals surface area contributed by atoms with Crippen molar-refractivity contribution in [3.8, 4) is 11.8 Å². The summed E-state index contributed by atoms with van der Waals surface area (Å²) < 4.78 is 5.10. The Balaban J connectivity index is 2.17. The Labute approximate surface area is 138 Å². The number of methoxy groups -OCH3 is 1. The molecule has 0 aliphatic carbocycles. The molecule has 2 aromatic rings. The largest absolute Gasteiger partial charge is 0.497 e. The predicted molar refractivity (Wildman–Crippen MR) is 88.6 cm³/mol. The third kappa shape index (κ3) is 4.21. The number of nitrogens with one attached hydrogen (secondary N) is 1. The molecule has 0 unspecified atom stereocenters. The van der Waals surface area contributed by atoms with Crippen LogP contribution in [0.3, 0.4) is 0 Å². The molecule has 0 spiro atoms. The van der Waals surface area contributed by atoms with E-state index < -0.39 is 11.9 Å². The van der Waals surface area contributed by atoms with E-state index in [1.165, 1.54) is 37.5 Å². The molecule has 0 aliphatic rings. The summed E-state index contributed by atoms with van der Waals surface area (Å²) >= 11 is 0. The van der Waals surface area contributed by atoms with E-state index in [1.54, 1.807) is 24.3 Å². The lowest BCUT2D eigenvalue weighted by atomic mass is 10.1. The molecule has 0 heterocycles. The molecule has 0 saturated heterocycles. The highest BCUT2D eigenvalue weighted by molar-refractivity contribution is 6.09. The number of carboxylic acids is 1. The SMILES string of the molecule is COc1cccc(C=C(C#N)C(=O)Nc2ccc(C(=O)O)cc2)c1. The molecule has 0 aromatic heterocycles. The average Bonchev–Trinajstić information content (AvgIpc) is 2.60.